The molecular formula is C63H102O12Si2. The van der Waals surface area contributed by atoms with Gasteiger partial charge in [-0.25, -0.2) is 9.59 Å². The predicted octanol–water partition coefficient (Wildman–Crippen LogP) is 15.3. The van der Waals surface area contributed by atoms with E-state index in [1.807, 2.05) is 91.8 Å². The number of carbonyl (C=O) groups is 2. The van der Waals surface area contributed by atoms with Crippen LogP contribution in [0.5, 0.6) is 11.5 Å². The van der Waals surface area contributed by atoms with Gasteiger partial charge < -0.3 is 47.8 Å². The SMILES string of the molecule is CCOc1cc(C)c(C(=O)O)c(/C=C/C[C@@H]2OC(C)(C)O[C@@H]2C(C)/C=C\[C@@H](C)[C@H](C)O)c1.CCOc1cc(C)c(C(=O)OCC[Si](C)(C)C)c(/C=C/C[C@@H]2OC(C)(C)O[C@@H]2C(C)/C=C\[C@@H](C)[C@H](C)O[Si](C)(C)C(C)(C)C)c1. The highest BCUT2D eigenvalue weighted by atomic mass is 28.4. The standard InChI is InChI=1S/C37H64O6Si2.C26H38O6/c1-16-39-31-24-28(4)33(35(38)40-22-23-44(11,12)13)30(25-31)18-17-19-32-34(42-37(9,10)41-32)27(3)21-20-26(2)29(5)43-45(14,15)36(6,7)8;1-8-30-21-14-18(4)23(25(28)29)20(15-21)10-9-11-22-24(32-26(6,7)31-22)17(3)13-12-16(2)19(5)27/h17-18,20-21,24-27,29,32,34H,16,19,22-23H2,1-15H3;9-10,12-17,19,22,24,27H,8,11H2,1-7H3,(H,28,29)/b18-17+,21-20-;10-9+,13-12-/t26-,27?,29+,32+,34-;16-,17?,19+,22+,24-/m11/s1. The summed E-state index contributed by atoms with van der Waals surface area (Å²) in [7, 11) is -3.16. The number of hydrogen-bond acceptors (Lipinski definition) is 11. The number of ether oxygens (including phenoxy) is 7. The van der Waals surface area contributed by atoms with Crippen LogP contribution in [0.4, 0.5) is 0 Å². The quantitative estimate of drug-likeness (QED) is 0.0554. The highest BCUT2D eigenvalue weighted by molar-refractivity contribution is 6.76. The molecule has 0 saturated carbocycles. The van der Waals surface area contributed by atoms with Crippen LogP contribution in [0.2, 0.25) is 43.8 Å². The van der Waals surface area contributed by atoms with Gasteiger partial charge in [0.05, 0.1) is 61.5 Å². The molecule has 77 heavy (non-hydrogen) atoms. The maximum atomic E-state index is 13.2. The monoisotopic (exact) mass is 1110 g/mol. The van der Waals surface area contributed by atoms with Gasteiger partial charge in [0.15, 0.2) is 19.9 Å². The summed E-state index contributed by atoms with van der Waals surface area (Å²) in [6, 6.07) is 8.28. The molecule has 0 bridgehead atoms. The minimum absolute atomic E-state index is 0.0569. The molecule has 14 heteroatoms. The Kier molecular flexibility index (Phi) is 25.4. The van der Waals surface area contributed by atoms with Crippen LogP contribution in [-0.4, -0.2) is 107 Å². The Morgan fingerprint density at radius 2 is 1.10 bits per heavy atom. The molecule has 12 nitrogen and oxygen atoms in total. The van der Waals surface area contributed by atoms with Crippen molar-refractivity contribution in [3.05, 3.63) is 94.1 Å². The number of aliphatic hydroxyl groups excluding tert-OH is 1. The lowest BCUT2D eigenvalue weighted by Crippen LogP contribution is -2.44. The summed E-state index contributed by atoms with van der Waals surface area (Å²) >= 11 is 0. The number of aryl methyl sites for hydroxylation is 2. The summed E-state index contributed by atoms with van der Waals surface area (Å²) < 4.78 is 48.9. The van der Waals surface area contributed by atoms with Crippen molar-refractivity contribution in [3.8, 4) is 11.5 Å². The molecule has 10 atom stereocenters. The Bertz CT molecular complexity index is 2330. The van der Waals surface area contributed by atoms with Gasteiger partial charge in [-0.3, -0.25) is 0 Å². The molecule has 4 rings (SSSR count). The predicted molar refractivity (Wildman–Crippen MR) is 319 cm³/mol. The Hall–Kier alpha value is -3.87. The van der Waals surface area contributed by atoms with Gasteiger partial charge >= 0.3 is 11.9 Å². The van der Waals surface area contributed by atoms with Gasteiger partial charge in [-0.1, -0.05) is 117 Å². The third-order valence-corrected chi connectivity index (χ3v) is 21.1. The van der Waals surface area contributed by atoms with Crippen molar-refractivity contribution in [1.29, 1.82) is 0 Å². The fraction of sp³-hybridized carbons (Fsp3) is 0.651. The van der Waals surface area contributed by atoms with Crippen molar-refractivity contribution >= 4 is 40.5 Å². The molecular weight excluding hydrogens is 1000 g/mol. The van der Waals surface area contributed by atoms with Gasteiger partial charge in [-0.05, 0) is 165 Å². The first-order chi connectivity index (χ1) is 35.5. The van der Waals surface area contributed by atoms with Crippen molar-refractivity contribution in [3.63, 3.8) is 0 Å². The topological polar surface area (TPSA) is 148 Å². The summed E-state index contributed by atoms with van der Waals surface area (Å²) in [6.45, 7) is 47.5. The van der Waals surface area contributed by atoms with Gasteiger partial charge in [0.1, 0.15) is 11.5 Å². The van der Waals surface area contributed by atoms with E-state index >= 15 is 0 Å². The number of aromatic carboxylic acids is 1. The minimum atomic E-state index is -1.85. The zero-order chi connectivity index (χ0) is 58.4. The Morgan fingerprint density at radius 3 is 1.51 bits per heavy atom. The third kappa shape index (κ3) is 21.3. The van der Waals surface area contributed by atoms with Crippen LogP contribution in [0, 0.1) is 37.5 Å². The normalized spacial score (nSPS) is 22.2. The summed E-state index contributed by atoms with van der Waals surface area (Å²) in [4.78, 5) is 25.0. The van der Waals surface area contributed by atoms with Crippen molar-refractivity contribution < 1.29 is 57.4 Å². The number of esters is 1. The second-order valence-corrected chi connectivity index (χ2v) is 35.5. The third-order valence-electron chi connectivity index (χ3n) is 14.8. The second-order valence-electron chi connectivity index (χ2n) is 25.1. The molecule has 2 saturated heterocycles. The first kappa shape index (κ1) is 67.4. The molecule has 0 aliphatic carbocycles. The zero-order valence-electron chi connectivity index (χ0n) is 51.4. The smallest absolute Gasteiger partial charge is 0.338 e. The minimum Gasteiger partial charge on any atom is -0.494 e. The van der Waals surface area contributed by atoms with Gasteiger partial charge in [-0.2, -0.15) is 0 Å². The van der Waals surface area contributed by atoms with Crippen LogP contribution in [0.15, 0.2) is 60.7 Å². The van der Waals surface area contributed by atoms with Crippen LogP contribution < -0.4 is 9.47 Å². The molecule has 2 N–H and O–H groups in total. The van der Waals surface area contributed by atoms with Crippen molar-refractivity contribution in [2.75, 3.05) is 19.8 Å². The second kappa shape index (κ2) is 29.0. The molecule has 2 aliphatic heterocycles. The maximum absolute atomic E-state index is 13.2. The number of benzene rings is 2. The molecule has 0 spiro atoms. The molecule has 2 unspecified atom stereocenters. The van der Waals surface area contributed by atoms with E-state index in [9.17, 15) is 19.8 Å². The van der Waals surface area contributed by atoms with E-state index < -0.39 is 40.0 Å². The molecule has 0 radical (unpaired) electrons. The summed E-state index contributed by atoms with van der Waals surface area (Å²) in [5, 5.41) is 19.6. The van der Waals surface area contributed by atoms with E-state index in [-0.39, 0.29) is 70.8 Å². The summed E-state index contributed by atoms with van der Waals surface area (Å²) in [5.74, 6) is -0.648. The van der Waals surface area contributed by atoms with E-state index in [4.69, 9.17) is 37.6 Å². The highest BCUT2D eigenvalue weighted by Crippen LogP contribution is 2.40. The van der Waals surface area contributed by atoms with E-state index in [1.54, 1.807) is 26.0 Å². The molecule has 0 aromatic heterocycles. The molecule has 2 aliphatic rings. The Morgan fingerprint density at radius 1 is 0.675 bits per heavy atom. The average molecular weight is 1110 g/mol. The van der Waals surface area contributed by atoms with E-state index in [0.29, 0.717) is 55.1 Å². The maximum Gasteiger partial charge on any atom is 0.338 e. The molecule has 2 aromatic carbocycles. The summed E-state index contributed by atoms with van der Waals surface area (Å²) in [5.41, 5.74) is 3.77. The van der Waals surface area contributed by atoms with Crippen molar-refractivity contribution in [2.24, 2.45) is 23.7 Å². The van der Waals surface area contributed by atoms with E-state index in [1.165, 1.54) is 0 Å². The molecule has 2 fully saturated rings. The highest BCUT2D eigenvalue weighted by Gasteiger charge is 2.44. The summed E-state index contributed by atoms with van der Waals surface area (Å²) in [6.07, 6.45) is 16.8. The van der Waals surface area contributed by atoms with Gasteiger partial charge in [-0.15, -0.1) is 0 Å². The lowest BCUT2D eigenvalue weighted by molar-refractivity contribution is -0.148. The number of carboxylic acids is 1. The first-order valence-electron chi connectivity index (χ1n) is 28.2. The number of rotatable bonds is 25. The van der Waals surface area contributed by atoms with Crippen LogP contribution in [0.25, 0.3) is 12.2 Å². The van der Waals surface area contributed by atoms with Crippen LogP contribution in [0.3, 0.4) is 0 Å². The van der Waals surface area contributed by atoms with Crippen molar-refractivity contribution in [2.45, 2.75) is 223 Å². The molecule has 2 heterocycles. The fourth-order valence-corrected chi connectivity index (χ4v) is 11.3. The molecule has 434 valence electrons. The van der Waals surface area contributed by atoms with Gasteiger partial charge in [0.2, 0.25) is 0 Å². The lowest BCUT2D eigenvalue weighted by Gasteiger charge is -2.39. The number of carbonyl (C=O) groups excluding carboxylic acids is 1. The Labute approximate surface area is 467 Å². The first-order valence-corrected chi connectivity index (χ1v) is 34.9. The zero-order valence-corrected chi connectivity index (χ0v) is 53.4. The van der Waals surface area contributed by atoms with Crippen LogP contribution in [-0.2, 0) is 28.1 Å². The molecule has 2 aromatic rings. The van der Waals surface area contributed by atoms with Crippen LogP contribution >= 0.6 is 0 Å². The lowest BCUT2D eigenvalue weighted by atomic mass is 9.94. The Balaban J connectivity index is 0.000000429. The van der Waals surface area contributed by atoms with E-state index in [0.717, 1.165) is 22.9 Å². The van der Waals surface area contributed by atoms with Gasteiger partial charge in [0.25, 0.3) is 0 Å². The number of hydrogen-bond donors (Lipinski definition) is 2. The fourth-order valence-electron chi connectivity index (χ4n) is 9.04. The molecule has 0 amide bonds. The van der Waals surface area contributed by atoms with Gasteiger partial charge in [0, 0.05) is 26.0 Å². The average Bonchev–Trinajstić information content (AvgIpc) is 3.78. The van der Waals surface area contributed by atoms with Crippen molar-refractivity contribution in [1.82, 2.24) is 0 Å². The van der Waals surface area contributed by atoms with Crippen LogP contribution in [0.1, 0.15) is 160 Å². The largest absolute Gasteiger partial charge is 0.494 e. The number of aliphatic hydroxyl groups is 1. The van der Waals surface area contributed by atoms with E-state index in [2.05, 4.69) is 106 Å². The number of carboxylic acid groups (broad SMARTS) is 1.